The number of halogens is 1. The molecule has 154 valence electrons. The monoisotopic (exact) mass is 458 g/mol. The summed E-state index contributed by atoms with van der Waals surface area (Å²) >= 11 is 3.47. The number of anilines is 2. The Balaban J connectivity index is 1.61. The number of aromatic nitrogens is 4. The molecule has 0 aliphatic heterocycles. The normalized spacial score (nSPS) is 19.6. The van der Waals surface area contributed by atoms with E-state index in [4.69, 9.17) is 9.97 Å². The van der Waals surface area contributed by atoms with Crippen molar-refractivity contribution in [1.29, 1.82) is 0 Å². The summed E-state index contributed by atoms with van der Waals surface area (Å²) in [6, 6.07) is 8.76. The van der Waals surface area contributed by atoms with E-state index >= 15 is 0 Å². The molecule has 0 bridgehead atoms. The van der Waals surface area contributed by atoms with Crippen LogP contribution in [0.1, 0.15) is 51.1 Å². The summed E-state index contributed by atoms with van der Waals surface area (Å²) in [7, 11) is 0. The highest BCUT2D eigenvalue weighted by molar-refractivity contribution is 9.10. The summed E-state index contributed by atoms with van der Waals surface area (Å²) in [6.07, 6.45) is 5.13. The van der Waals surface area contributed by atoms with Crippen LogP contribution in [0.25, 0.3) is 11.2 Å². The molecule has 0 atom stereocenters. The van der Waals surface area contributed by atoms with E-state index in [9.17, 15) is 5.11 Å². The maximum Gasteiger partial charge on any atom is 0.227 e. The first kappa shape index (κ1) is 20.1. The Kier molecular flexibility index (Phi) is 6.01. The molecule has 0 radical (unpaired) electrons. The lowest BCUT2D eigenvalue weighted by atomic mass is 9.93. The van der Waals surface area contributed by atoms with E-state index in [2.05, 4.69) is 62.1 Å². The fourth-order valence-electron chi connectivity index (χ4n) is 3.67. The highest BCUT2D eigenvalue weighted by Crippen LogP contribution is 2.26. The molecule has 0 unspecified atom stereocenters. The Labute approximate surface area is 179 Å². The van der Waals surface area contributed by atoms with Crippen molar-refractivity contribution in [3.63, 3.8) is 0 Å². The third-order valence-corrected chi connectivity index (χ3v) is 5.91. The number of aliphatic hydroxyl groups excluding tert-OH is 1. The molecule has 1 aliphatic rings. The zero-order valence-electron chi connectivity index (χ0n) is 16.8. The second kappa shape index (κ2) is 8.67. The first-order chi connectivity index (χ1) is 14.0. The molecule has 1 saturated carbocycles. The first-order valence-electron chi connectivity index (χ1n) is 10.2. The number of rotatable bonds is 6. The van der Waals surface area contributed by atoms with Gasteiger partial charge in [0.2, 0.25) is 5.95 Å². The minimum atomic E-state index is -0.179. The molecule has 2 heterocycles. The van der Waals surface area contributed by atoms with Crippen molar-refractivity contribution in [3.8, 4) is 0 Å². The van der Waals surface area contributed by atoms with Crippen LogP contribution in [0.3, 0.4) is 0 Å². The van der Waals surface area contributed by atoms with Crippen LogP contribution in [-0.2, 0) is 6.54 Å². The van der Waals surface area contributed by atoms with Crippen LogP contribution in [-0.4, -0.2) is 36.8 Å². The number of hydrogen-bond donors (Lipinski definition) is 3. The Hall–Kier alpha value is -2.19. The third kappa shape index (κ3) is 4.70. The lowest BCUT2D eigenvalue weighted by Gasteiger charge is -2.26. The van der Waals surface area contributed by atoms with Gasteiger partial charge < -0.3 is 20.3 Å². The average Bonchev–Trinajstić information content (AvgIpc) is 3.13. The Morgan fingerprint density at radius 2 is 1.86 bits per heavy atom. The summed E-state index contributed by atoms with van der Waals surface area (Å²) in [5.74, 6) is 1.34. The van der Waals surface area contributed by atoms with Gasteiger partial charge in [-0.25, -0.2) is 4.98 Å². The van der Waals surface area contributed by atoms with Gasteiger partial charge >= 0.3 is 0 Å². The number of fused-ring (bicyclic) bond motifs is 1. The van der Waals surface area contributed by atoms with E-state index < -0.39 is 0 Å². The predicted molar refractivity (Wildman–Crippen MR) is 119 cm³/mol. The molecule has 1 aliphatic carbocycles. The molecule has 0 spiro atoms. The number of benzene rings is 1. The van der Waals surface area contributed by atoms with Gasteiger partial charge in [0.25, 0.3) is 0 Å². The van der Waals surface area contributed by atoms with Crippen LogP contribution in [0, 0.1) is 0 Å². The largest absolute Gasteiger partial charge is 0.393 e. The van der Waals surface area contributed by atoms with Crippen LogP contribution in [0.15, 0.2) is 35.1 Å². The average molecular weight is 459 g/mol. The molecule has 2 aromatic heterocycles. The number of aliphatic hydroxyl groups is 1. The van der Waals surface area contributed by atoms with Crippen molar-refractivity contribution in [2.75, 3.05) is 10.6 Å². The summed E-state index contributed by atoms with van der Waals surface area (Å²) in [5, 5.41) is 16.7. The highest BCUT2D eigenvalue weighted by atomic mass is 79.9. The zero-order chi connectivity index (χ0) is 20.4. The highest BCUT2D eigenvalue weighted by Gasteiger charge is 2.21. The van der Waals surface area contributed by atoms with Gasteiger partial charge in [-0.05, 0) is 57.2 Å². The van der Waals surface area contributed by atoms with Gasteiger partial charge in [-0.3, -0.25) is 0 Å². The van der Waals surface area contributed by atoms with Gasteiger partial charge in [0.1, 0.15) is 0 Å². The molecule has 29 heavy (non-hydrogen) atoms. The smallest absolute Gasteiger partial charge is 0.227 e. The summed E-state index contributed by atoms with van der Waals surface area (Å²) in [6.45, 7) is 4.89. The second-order valence-electron chi connectivity index (χ2n) is 7.94. The van der Waals surface area contributed by atoms with Crippen LogP contribution < -0.4 is 10.6 Å². The van der Waals surface area contributed by atoms with Crippen LogP contribution in [0.5, 0.6) is 0 Å². The predicted octanol–water partition coefficient (Wildman–Crippen LogP) is 4.50. The van der Waals surface area contributed by atoms with E-state index in [0.29, 0.717) is 12.5 Å². The number of imidazole rings is 1. The minimum absolute atomic E-state index is 0.179. The van der Waals surface area contributed by atoms with E-state index in [1.807, 2.05) is 18.5 Å². The quantitative estimate of drug-likeness (QED) is 0.503. The van der Waals surface area contributed by atoms with Crippen LogP contribution >= 0.6 is 15.9 Å². The summed E-state index contributed by atoms with van der Waals surface area (Å²) in [5.41, 5.74) is 2.77. The lowest BCUT2D eigenvalue weighted by Crippen LogP contribution is -2.29. The van der Waals surface area contributed by atoms with E-state index in [-0.39, 0.29) is 18.2 Å². The van der Waals surface area contributed by atoms with Gasteiger partial charge in [-0.15, -0.1) is 0 Å². The standard InChI is InChI=1S/C21H27BrN6O/c1-13(2)28-12-24-18-19(23-11-14-3-5-15(22)6-4-14)26-21(27-20(18)28)25-16-7-9-17(29)10-8-16/h3-6,12-13,16-17,29H,7-11H2,1-2H3,(H2,23,25,26,27). The van der Waals surface area contributed by atoms with Gasteiger partial charge in [0, 0.05) is 23.1 Å². The van der Waals surface area contributed by atoms with E-state index in [1.165, 1.54) is 5.56 Å². The number of nitrogens with one attached hydrogen (secondary N) is 2. The topological polar surface area (TPSA) is 87.9 Å². The third-order valence-electron chi connectivity index (χ3n) is 5.38. The Bertz CT molecular complexity index is 963. The second-order valence-corrected chi connectivity index (χ2v) is 8.86. The molecule has 3 aromatic rings. The molecule has 8 heteroatoms. The van der Waals surface area contributed by atoms with Crippen LogP contribution in [0.4, 0.5) is 11.8 Å². The van der Waals surface area contributed by atoms with Gasteiger partial charge in [-0.1, -0.05) is 28.1 Å². The molecular formula is C21H27BrN6O. The van der Waals surface area contributed by atoms with Gasteiger partial charge in [0.15, 0.2) is 17.0 Å². The van der Waals surface area contributed by atoms with Crippen LogP contribution in [0.2, 0.25) is 0 Å². The molecule has 0 saturated heterocycles. The van der Waals surface area contributed by atoms with Gasteiger partial charge in [0.05, 0.1) is 12.4 Å². The van der Waals surface area contributed by atoms with Crippen molar-refractivity contribution < 1.29 is 5.11 Å². The maximum absolute atomic E-state index is 9.76. The molecule has 7 nitrogen and oxygen atoms in total. The van der Waals surface area contributed by atoms with E-state index in [0.717, 1.165) is 47.1 Å². The van der Waals surface area contributed by atoms with Crippen molar-refractivity contribution in [1.82, 2.24) is 19.5 Å². The number of nitrogens with zero attached hydrogens (tertiary/aromatic N) is 4. The minimum Gasteiger partial charge on any atom is -0.393 e. The molecule has 1 fully saturated rings. The molecule has 0 amide bonds. The fourth-order valence-corrected chi connectivity index (χ4v) is 3.94. The molecule has 1 aromatic carbocycles. The zero-order valence-corrected chi connectivity index (χ0v) is 18.4. The van der Waals surface area contributed by atoms with Crippen molar-refractivity contribution >= 4 is 38.9 Å². The Morgan fingerprint density at radius 1 is 1.14 bits per heavy atom. The number of hydrogen-bond acceptors (Lipinski definition) is 6. The molecule has 4 rings (SSSR count). The van der Waals surface area contributed by atoms with E-state index in [1.54, 1.807) is 0 Å². The lowest BCUT2D eigenvalue weighted by molar-refractivity contribution is 0.126. The summed E-state index contributed by atoms with van der Waals surface area (Å²) < 4.78 is 3.13. The van der Waals surface area contributed by atoms with Crippen molar-refractivity contribution in [2.24, 2.45) is 0 Å². The Morgan fingerprint density at radius 3 is 2.55 bits per heavy atom. The fraction of sp³-hybridized carbons (Fsp3) is 0.476. The maximum atomic E-state index is 9.76. The van der Waals surface area contributed by atoms with Gasteiger partial charge in [-0.2, -0.15) is 9.97 Å². The molecular weight excluding hydrogens is 432 g/mol. The summed E-state index contributed by atoms with van der Waals surface area (Å²) in [4.78, 5) is 14.1. The first-order valence-corrected chi connectivity index (χ1v) is 11.0. The SMILES string of the molecule is CC(C)n1cnc2c(NCc3ccc(Br)cc3)nc(NC3CCC(O)CC3)nc21. The molecule has 3 N–H and O–H groups in total. The van der Waals surface area contributed by atoms with Crippen molar-refractivity contribution in [2.45, 2.75) is 64.3 Å². The van der Waals surface area contributed by atoms with Crippen molar-refractivity contribution in [3.05, 3.63) is 40.6 Å².